The van der Waals surface area contributed by atoms with Gasteiger partial charge in [0.2, 0.25) is 5.78 Å². The third-order valence-electron chi connectivity index (χ3n) is 2.58. The van der Waals surface area contributed by atoms with Crippen molar-refractivity contribution in [2.45, 2.75) is 26.9 Å². The van der Waals surface area contributed by atoms with Gasteiger partial charge >= 0.3 is 0 Å². The van der Waals surface area contributed by atoms with Crippen LogP contribution >= 0.6 is 27.3 Å². The Labute approximate surface area is 125 Å². The molecule has 2 nitrogen and oxygen atoms in total. The number of hydrogen-bond donors (Lipinski definition) is 0. The van der Waals surface area contributed by atoms with Crippen LogP contribution in [0.15, 0.2) is 34.1 Å². The molecule has 0 N–H and O–H groups in total. The molecule has 0 spiro atoms. The summed E-state index contributed by atoms with van der Waals surface area (Å²) in [7, 11) is 0. The predicted molar refractivity (Wildman–Crippen MR) is 82.4 cm³/mol. The molecule has 2 rings (SSSR count). The quantitative estimate of drug-likeness (QED) is 0.745. The van der Waals surface area contributed by atoms with Crippen molar-refractivity contribution in [2.75, 3.05) is 0 Å². The highest BCUT2D eigenvalue weighted by molar-refractivity contribution is 9.11. The zero-order chi connectivity index (χ0) is 14.0. The maximum atomic E-state index is 12.5. The molecule has 1 heterocycles. The standard InChI is InChI=1S/C15H15BrO2S/c1-9(2)18-12-7-5-4-6-11(12)14(17)13-8-10(3)15(16)19-13/h4-9H,1-3H3. The van der Waals surface area contributed by atoms with E-state index in [2.05, 4.69) is 15.9 Å². The fourth-order valence-corrected chi connectivity index (χ4v) is 3.20. The Morgan fingerprint density at radius 1 is 1.32 bits per heavy atom. The first-order valence-electron chi connectivity index (χ1n) is 6.05. The molecule has 100 valence electrons. The summed E-state index contributed by atoms with van der Waals surface area (Å²) in [6.45, 7) is 5.88. The van der Waals surface area contributed by atoms with E-state index >= 15 is 0 Å². The SMILES string of the molecule is Cc1cc(C(=O)c2ccccc2OC(C)C)sc1Br. The first-order valence-corrected chi connectivity index (χ1v) is 7.66. The van der Waals surface area contributed by atoms with Crippen LogP contribution in [0.3, 0.4) is 0 Å². The molecule has 0 radical (unpaired) electrons. The number of thiophene rings is 1. The van der Waals surface area contributed by atoms with Gasteiger partial charge in [-0.25, -0.2) is 0 Å². The summed E-state index contributed by atoms with van der Waals surface area (Å²) in [5, 5.41) is 0. The second-order valence-electron chi connectivity index (χ2n) is 4.56. The first kappa shape index (κ1) is 14.3. The molecule has 0 amide bonds. The highest BCUT2D eigenvalue weighted by Gasteiger charge is 2.17. The summed E-state index contributed by atoms with van der Waals surface area (Å²) in [5.74, 6) is 0.653. The van der Waals surface area contributed by atoms with E-state index in [1.165, 1.54) is 11.3 Å². The van der Waals surface area contributed by atoms with Crippen molar-refractivity contribution in [3.63, 3.8) is 0 Å². The van der Waals surface area contributed by atoms with E-state index in [-0.39, 0.29) is 11.9 Å². The van der Waals surface area contributed by atoms with Crippen molar-refractivity contribution >= 4 is 33.0 Å². The molecular weight excluding hydrogens is 324 g/mol. The molecule has 1 aromatic carbocycles. The van der Waals surface area contributed by atoms with E-state index in [1.807, 2.05) is 51.1 Å². The smallest absolute Gasteiger partial charge is 0.206 e. The number of carbonyl (C=O) groups is 1. The Balaban J connectivity index is 2.38. The van der Waals surface area contributed by atoms with E-state index < -0.39 is 0 Å². The van der Waals surface area contributed by atoms with Gasteiger partial charge in [-0.3, -0.25) is 4.79 Å². The lowest BCUT2D eigenvalue weighted by atomic mass is 10.1. The van der Waals surface area contributed by atoms with E-state index in [0.717, 1.165) is 14.2 Å². The van der Waals surface area contributed by atoms with Crippen LogP contribution in [0.4, 0.5) is 0 Å². The van der Waals surface area contributed by atoms with Gasteiger partial charge in [0.15, 0.2) is 0 Å². The minimum absolute atomic E-state index is 0.00931. The molecule has 0 unspecified atom stereocenters. The minimum atomic E-state index is 0.00931. The van der Waals surface area contributed by atoms with Crippen LogP contribution in [0.1, 0.15) is 34.6 Å². The van der Waals surface area contributed by atoms with Crippen molar-refractivity contribution in [1.82, 2.24) is 0 Å². The number of benzene rings is 1. The van der Waals surface area contributed by atoms with Gasteiger partial charge < -0.3 is 4.74 Å². The minimum Gasteiger partial charge on any atom is -0.490 e. The highest BCUT2D eigenvalue weighted by atomic mass is 79.9. The average molecular weight is 339 g/mol. The van der Waals surface area contributed by atoms with Crippen LogP contribution in [-0.4, -0.2) is 11.9 Å². The van der Waals surface area contributed by atoms with E-state index in [0.29, 0.717) is 11.3 Å². The molecule has 0 fully saturated rings. The van der Waals surface area contributed by atoms with E-state index in [9.17, 15) is 4.79 Å². The fourth-order valence-electron chi connectivity index (χ4n) is 1.72. The number of para-hydroxylation sites is 1. The molecule has 0 aliphatic heterocycles. The molecule has 2 aromatic rings. The third kappa shape index (κ3) is 3.25. The topological polar surface area (TPSA) is 26.3 Å². The van der Waals surface area contributed by atoms with Crippen LogP contribution in [-0.2, 0) is 0 Å². The lowest BCUT2D eigenvalue weighted by molar-refractivity contribution is 0.103. The number of ketones is 1. The van der Waals surface area contributed by atoms with Gasteiger partial charge in [0.1, 0.15) is 5.75 Å². The summed E-state index contributed by atoms with van der Waals surface area (Å²) in [6, 6.07) is 9.29. The Morgan fingerprint density at radius 2 is 2.00 bits per heavy atom. The Kier molecular flexibility index (Phi) is 4.42. The average Bonchev–Trinajstić information content (AvgIpc) is 2.69. The van der Waals surface area contributed by atoms with Crippen LogP contribution in [0.2, 0.25) is 0 Å². The van der Waals surface area contributed by atoms with Crippen LogP contribution in [0.25, 0.3) is 0 Å². The maximum Gasteiger partial charge on any atom is 0.206 e. The summed E-state index contributed by atoms with van der Waals surface area (Å²) in [4.78, 5) is 13.2. The van der Waals surface area contributed by atoms with Crippen LogP contribution in [0, 0.1) is 6.92 Å². The normalized spacial score (nSPS) is 10.8. The molecule has 19 heavy (non-hydrogen) atoms. The summed E-state index contributed by atoms with van der Waals surface area (Å²) in [6.07, 6.45) is 0.0470. The third-order valence-corrected chi connectivity index (χ3v) is 4.71. The lowest BCUT2D eigenvalue weighted by Gasteiger charge is -2.12. The first-order chi connectivity index (χ1) is 8.99. The van der Waals surface area contributed by atoms with E-state index in [4.69, 9.17) is 4.74 Å². The number of ether oxygens (including phenoxy) is 1. The molecule has 0 aliphatic carbocycles. The number of aryl methyl sites for hydroxylation is 1. The van der Waals surface area contributed by atoms with Gasteiger partial charge in [-0.2, -0.15) is 0 Å². The van der Waals surface area contributed by atoms with Crippen molar-refractivity contribution in [3.8, 4) is 5.75 Å². The summed E-state index contributed by atoms with van der Waals surface area (Å²) in [5.41, 5.74) is 1.69. The zero-order valence-electron chi connectivity index (χ0n) is 11.1. The highest BCUT2D eigenvalue weighted by Crippen LogP contribution is 2.31. The molecule has 4 heteroatoms. The van der Waals surface area contributed by atoms with Crippen molar-refractivity contribution < 1.29 is 9.53 Å². The summed E-state index contributed by atoms with van der Waals surface area (Å²) >= 11 is 4.91. The van der Waals surface area contributed by atoms with Crippen LogP contribution < -0.4 is 4.74 Å². The van der Waals surface area contributed by atoms with Gasteiger partial charge in [-0.05, 0) is 60.5 Å². The van der Waals surface area contributed by atoms with Crippen molar-refractivity contribution in [3.05, 3.63) is 50.1 Å². The molecule has 0 atom stereocenters. The van der Waals surface area contributed by atoms with Gasteiger partial charge in [-0.1, -0.05) is 12.1 Å². The maximum absolute atomic E-state index is 12.5. The van der Waals surface area contributed by atoms with Gasteiger partial charge in [0, 0.05) is 0 Å². The van der Waals surface area contributed by atoms with Crippen LogP contribution in [0.5, 0.6) is 5.75 Å². The van der Waals surface area contributed by atoms with Gasteiger partial charge in [0.25, 0.3) is 0 Å². The molecule has 0 aliphatic rings. The number of halogens is 1. The van der Waals surface area contributed by atoms with Gasteiger partial charge in [0.05, 0.1) is 20.3 Å². The lowest BCUT2D eigenvalue weighted by Crippen LogP contribution is -2.10. The second kappa shape index (κ2) is 5.88. The Bertz CT molecular complexity index is 582. The fraction of sp³-hybridized carbons (Fsp3) is 0.267. The van der Waals surface area contributed by atoms with Gasteiger partial charge in [-0.15, -0.1) is 11.3 Å². The molecule has 0 bridgehead atoms. The summed E-state index contributed by atoms with van der Waals surface area (Å²) < 4.78 is 6.70. The second-order valence-corrected chi connectivity index (χ2v) is 6.93. The predicted octanol–water partition coefficient (Wildman–Crippen LogP) is 4.84. The number of carbonyl (C=O) groups excluding carboxylic acids is 1. The molecule has 1 aromatic heterocycles. The molecular formula is C15H15BrO2S. The Morgan fingerprint density at radius 3 is 2.58 bits per heavy atom. The van der Waals surface area contributed by atoms with Crippen molar-refractivity contribution in [1.29, 1.82) is 0 Å². The monoisotopic (exact) mass is 338 g/mol. The molecule has 0 saturated carbocycles. The molecule has 0 saturated heterocycles. The van der Waals surface area contributed by atoms with E-state index in [1.54, 1.807) is 0 Å². The Hall–Kier alpha value is -1.13. The van der Waals surface area contributed by atoms with Crippen molar-refractivity contribution in [2.24, 2.45) is 0 Å². The zero-order valence-corrected chi connectivity index (χ0v) is 13.5. The number of hydrogen-bond acceptors (Lipinski definition) is 3. The number of rotatable bonds is 4. The largest absolute Gasteiger partial charge is 0.490 e.